The molecule has 1 aliphatic carbocycles. The van der Waals surface area contributed by atoms with Gasteiger partial charge < -0.3 is 14.4 Å². The van der Waals surface area contributed by atoms with E-state index < -0.39 is 0 Å². The first kappa shape index (κ1) is 34.8. The highest BCUT2D eigenvalue weighted by Gasteiger charge is 2.37. The molecule has 8 heteroatoms. The van der Waals surface area contributed by atoms with Crippen molar-refractivity contribution < 1.29 is 33.8 Å². The van der Waals surface area contributed by atoms with Crippen molar-refractivity contribution in [2.24, 2.45) is 0 Å². The number of carbonyl (C=O) groups is 2. The van der Waals surface area contributed by atoms with Crippen LogP contribution in [-0.4, -0.2) is 58.1 Å². The van der Waals surface area contributed by atoms with Gasteiger partial charge in [-0.2, -0.15) is 4.58 Å². The third-order valence-corrected chi connectivity index (χ3v) is 8.93. The number of aliphatic hydroxyl groups excluding tert-OH is 1. The van der Waals surface area contributed by atoms with Gasteiger partial charge in [-0.05, 0) is 57.7 Å². The number of ether oxygens (including phenoxy) is 1. The molecule has 0 radical (unpaired) electrons. The largest absolute Gasteiger partial charge is 0.506 e. The highest BCUT2D eigenvalue weighted by Crippen LogP contribution is 2.37. The fourth-order valence-electron chi connectivity index (χ4n) is 6.46. The minimum atomic E-state index is -0.205. The van der Waals surface area contributed by atoms with Gasteiger partial charge in [-0.25, -0.2) is 9.78 Å². The maximum Gasteiger partial charge on any atom is 0.305 e. The van der Waals surface area contributed by atoms with Gasteiger partial charge in [0.2, 0.25) is 17.2 Å². The van der Waals surface area contributed by atoms with Crippen LogP contribution in [0.1, 0.15) is 70.8 Å². The van der Waals surface area contributed by atoms with Crippen LogP contribution in [0.3, 0.4) is 0 Å². The highest BCUT2D eigenvalue weighted by atomic mass is 17.2. The molecule has 1 N–H and O–H groups in total. The van der Waals surface area contributed by atoms with Crippen LogP contribution < -0.4 is 10.6 Å². The Morgan fingerprint density at radius 1 is 0.896 bits per heavy atom. The normalized spacial score (nSPS) is 15.6. The predicted molar refractivity (Wildman–Crippen MR) is 190 cm³/mol. The average Bonchev–Trinajstić information content (AvgIpc) is 3.52. The Hall–Kier alpha value is -4.53. The Morgan fingerprint density at radius 2 is 1.65 bits per heavy atom. The minimum absolute atomic E-state index is 0.0175. The number of benzene rings is 2. The number of esters is 1. The quantitative estimate of drug-likeness (QED) is 0.0416. The van der Waals surface area contributed by atoms with Crippen LogP contribution >= 0.6 is 0 Å². The van der Waals surface area contributed by atoms with Gasteiger partial charge in [0.25, 0.3) is 0 Å². The smallest absolute Gasteiger partial charge is 0.305 e. The summed E-state index contributed by atoms with van der Waals surface area (Å²) in [4.78, 5) is 35.5. The second-order valence-corrected chi connectivity index (χ2v) is 12.1. The number of aromatic nitrogens is 1. The van der Waals surface area contributed by atoms with Gasteiger partial charge in [-0.1, -0.05) is 56.3 Å². The van der Waals surface area contributed by atoms with Crippen molar-refractivity contribution >= 4 is 52.3 Å². The van der Waals surface area contributed by atoms with Crippen molar-refractivity contribution in [3.63, 3.8) is 0 Å². The molecule has 0 unspecified atom stereocenters. The molecule has 2 aliphatic rings. The lowest BCUT2D eigenvalue weighted by Gasteiger charge is -2.18. The van der Waals surface area contributed by atoms with E-state index in [0.717, 1.165) is 95.5 Å². The van der Waals surface area contributed by atoms with E-state index in [1.165, 1.54) is 0 Å². The lowest BCUT2D eigenvalue weighted by Crippen LogP contribution is -2.32. The van der Waals surface area contributed by atoms with Gasteiger partial charge in [0, 0.05) is 53.0 Å². The first-order chi connectivity index (χ1) is 23.4. The summed E-state index contributed by atoms with van der Waals surface area (Å²) >= 11 is 0. The van der Waals surface area contributed by atoms with Gasteiger partial charge >= 0.3 is 5.97 Å². The molecule has 5 rings (SSSR count). The van der Waals surface area contributed by atoms with Crippen LogP contribution in [0.2, 0.25) is 0 Å². The molecule has 0 atom stereocenters. The van der Waals surface area contributed by atoms with Crippen LogP contribution in [0.5, 0.6) is 0 Å². The van der Waals surface area contributed by atoms with Gasteiger partial charge in [-0.3, -0.25) is 9.59 Å². The minimum Gasteiger partial charge on any atom is -0.506 e. The molecule has 3 aromatic rings. The maximum absolute atomic E-state index is 13.6. The molecule has 252 valence electrons. The van der Waals surface area contributed by atoms with Crippen molar-refractivity contribution in [3.05, 3.63) is 94.2 Å². The zero-order chi connectivity index (χ0) is 34.0. The number of aliphatic hydroxyl groups is 1. The second-order valence-electron chi connectivity index (χ2n) is 12.1. The molecule has 0 fully saturated rings. The van der Waals surface area contributed by atoms with Crippen molar-refractivity contribution in [1.82, 2.24) is 4.57 Å². The molecule has 1 aromatic heterocycles. The highest BCUT2D eigenvalue weighted by molar-refractivity contribution is 6.34. The summed E-state index contributed by atoms with van der Waals surface area (Å²) in [6, 6.07) is 16.2. The summed E-state index contributed by atoms with van der Waals surface area (Å²) in [7, 11) is 0. The molecule has 2 aromatic carbocycles. The number of allylic oxidation sites excluding steroid dienone is 4. The predicted octanol–water partition coefficient (Wildman–Crippen LogP) is 6.62. The lowest BCUT2D eigenvalue weighted by molar-refractivity contribution is -0.436. The zero-order valence-electron chi connectivity index (χ0n) is 28.3. The van der Waals surface area contributed by atoms with E-state index in [-0.39, 0.29) is 28.7 Å². The molecule has 0 bridgehead atoms. The number of rotatable bonds is 18. The van der Waals surface area contributed by atoms with E-state index in [1.54, 1.807) is 12.2 Å². The Morgan fingerprint density at radius 3 is 2.44 bits per heavy atom. The SMILES string of the molecule is C=C1C(/C=C2/C(=O)C(/C=c3\c(=C)c4ccccc4n3CCCCCCOOCC)=C2O)=[N+](CCCCCC(=O)OCC)c2ccccc21. The molecule has 8 nitrogen and oxygen atoms in total. The Labute approximate surface area is 282 Å². The number of carbonyl (C=O) groups excluding carboxylic acids is 2. The average molecular weight is 652 g/mol. The number of hydrogen-bond acceptors (Lipinski definition) is 6. The molecule has 48 heavy (non-hydrogen) atoms. The van der Waals surface area contributed by atoms with Gasteiger partial charge in [0.1, 0.15) is 12.3 Å². The first-order valence-electron chi connectivity index (χ1n) is 17.2. The molecular weight excluding hydrogens is 604 g/mol. The second kappa shape index (κ2) is 16.5. The van der Waals surface area contributed by atoms with Crippen molar-refractivity contribution in [2.45, 2.75) is 71.8 Å². The summed E-state index contributed by atoms with van der Waals surface area (Å²) in [6.45, 7) is 15.4. The number of fused-ring (bicyclic) bond motifs is 2. The van der Waals surface area contributed by atoms with Gasteiger partial charge in [0.15, 0.2) is 0 Å². The van der Waals surface area contributed by atoms with Crippen LogP contribution in [-0.2, 0) is 30.6 Å². The summed E-state index contributed by atoms with van der Waals surface area (Å²) < 4.78 is 9.41. The molecule has 0 saturated carbocycles. The summed E-state index contributed by atoms with van der Waals surface area (Å²) in [5.41, 5.74) is 5.27. The molecule has 2 heterocycles. The Balaban J connectivity index is 1.38. The molecule has 0 saturated heterocycles. The Kier molecular flexibility index (Phi) is 12.0. The standard InChI is InChI=1S/C40H46N2O6/c1-5-46-38(43)22-10-9-16-24-42-35-21-14-12-19-31(35)29(4)37(42)27-33-39(44)32(40(33)45)26-36-28(3)30-18-11-13-20-34(30)41(36)23-15-7-8-17-25-48-47-6-2/h11-14,18-21,26-27H,3-10,15-17,22-25H2,1-2H3/p+1. The van der Waals surface area contributed by atoms with Crippen molar-refractivity contribution in [3.8, 4) is 0 Å². The molecule has 0 spiro atoms. The van der Waals surface area contributed by atoms with Crippen molar-refractivity contribution in [1.29, 1.82) is 0 Å². The first-order valence-corrected chi connectivity index (χ1v) is 17.2. The number of Topliss-reactive ketones (excluding diaryl/α,β-unsaturated/α-hetero) is 1. The number of nitrogens with zero attached hydrogens (tertiary/aromatic N) is 2. The van der Waals surface area contributed by atoms with Gasteiger partial charge in [0.05, 0.1) is 42.1 Å². The van der Waals surface area contributed by atoms with E-state index in [0.29, 0.717) is 32.8 Å². The monoisotopic (exact) mass is 651 g/mol. The maximum atomic E-state index is 13.6. The Bertz CT molecular complexity index is 1890. The molecular formula is C40H47N2O6+. The summed E-state index contributed by atoms with van der Waals surface area (Å²) in [5.74, 6) is -0.390. The number of aryl methyl sites for hydroxylation is 1. The number of unbranched alkanes of at least 4 members (excludes halogenated alkanes) is 5. The van der Waals surface area contributed by atoms with Crippen LogP contribution in [0, 0.1) is 0 Å². The molecule has 0 amide bonds. The number of para-hydroxylation sites is 2. The fourth-order valence-corrected chi connectivity index (χ4v) is 6.46. The fraction of sp³-hybridized carbons (Fsp3) is 0.375. The van der Waals surface area contributed by atoms with Crippen molar-refractivity contribution in [2.75, 3.05) is 26.4 Å². The number of ketones is 1. The lowest BCUT2D eigenvalue weighted by atomic mass is 9.86. The van der Waals surface area contributed by atoms with Crippen LogP contribution in [0.25, 0.3) is 29.1 Å². The van der Waals surface area contributed by atoms with Gasteiger partial charge in [-0.15, -0.1) is 0 Å². The topological polar surface area (TPSA) is 90.0 Å². The van der Waals surface area contributed by atoms with Crippen LogP contribution in [0.15, 0.2) is 78.1 Å². The van der Waals surface area contributed by atoms with E-state index in [9.17, 15) is 14.7 Å². The molecule has 1 aliphatic heterocycles. The zero-order valence-corrected chi connectivity index (χ0v) is 28.3. The van der Waals surface area contributed by atoms with E-state index >= 15 is 0 Å². The number of hydrogen-bond donors (Lipinski definition) is 1. The summed E-state index contributed by atoms with van der Waals surface area (Å²) in [5, 5.41) is 14.0. The third kappa shape index (κ3) is 7.61. The van der Waals surface area contributed by atoms with Crippen LogP contribution in [0.4, 0.5) is 5.69 Å². The summed E-state index contributed by atoms with van der Waals surface area (Å²) in [6.07, 6.45) is 10.4. The van der Waals surface area contributed by atoms with E-state index in [1.807, 2.05) is 56.3 Å². The third-order valence-electron chi connectivity index (χ3n) is 8.93. The van der Waals surface area contributed by atoms with E-state index in [2.05, 4.69) is 28.4 Å². The van der Waals surface area contributed by atoms with E-state index in [4.69, 9.17) is 14.5 Å².